The van der Waals surface area contributed by atoms with Crippen molar-refractivity contribution in [3.63, 3.8) is 0 Å². The average Bonchev–Trinajstić information content (AvgIpc) is 3.08. The van der Waals surface area contributed by atoms with Crippen molar-refractivity contribution in [2.24, 2.45) is 0 Å². The minimum atomic E-state index is -3.86. The zero-order valence-corrected chi connectivity index (χ0v) is 25.0. The lowest BCUT2D eigenvalue weighted by molar-refractivity contribution is 0.585. The minimum absolute atomic E-state index is 1.05. The van der Waals surface area contributed by atoms with Gasteiger partial charge < -0.3 is 4.80 Å². The van der Waals surface area contributed by atoms with Gasteiger partial charge in [0.2, 0.25) is 0 Å². The summed E-state index contributed by atoms with van der Waals surface area (Å²) >= 11 is 0. The monoisotopic (exact) mass is 576 g/mol. The topological polar surface area (TPSA) is 20.2 Å². The maximum Gasteiger partial charge on any atom is 0.289 e. The Bertz CT molecular complexity index is 2130. The zero-order valence-electron chi connectivity index (χ0n) is 24.0. The van der Waals surface area contributed by atoms with Gasteiger partial charge in [0.05, 0.1) is 0 Å². The fourth-order valence-corrected chi connectivity index (χ4v) is 12.0. The van der Waals surface area contributed by atoms with Crippen molar-refractivity contribution in [2.75, 3.05) is 0 Å². The molecule has 0 aliphatic rings. The van der Waals surface area contributed by atoms with E-state index in [1.807, 2.05) is 0 Å². The van der Waals surface area contributed by atoms with Crippen molar-refractivity contribution in [3.8, 4) is 0 Å². The molecule has 0 saturated heterocycles. The Morgan fingerprint density at radius 2 is 0.455 bits per heavy atom. The van der Waals surface area contributed by atoms with E-state index in [2.05, 4.69) is 164 Å². The van der Waals surface area contributed by atoms with Crippen LogP contribution in [-0.4, -0.2) is 13.1 Å². The van der Waals surface area contributed by atoms with E-state index in [0.717, 1.165) is 80.2 Å². The predicted octanol–water partition coefficient (Wildman–Crippen LogP) is 8.57. The third kappa shape index (κ3) is 3.56. The van der Waals surface area contributed by atoms with E-state index in [0.29, 0.717) is 0 Å². The van der Waals surface area contributed by atoms with Crippen LogP contribution in [0.3, 0.4) is 0 Å². The lowest BCUT2D eigenvalue weighted by Gasteiger charge is -2.34. The summed E-state index contributed by atoms with van der Waals surface area (Å²) in [6.45, 7) is 0. The zero-order chi connectivity index (χ0) is 29.3. The van der Waals surface area contributed by atoms with E-state index in [9.17, 15) is 4.80 Å². The fourth-order valence-electron chi connectivity index (χ4n) is 7.59. The summed E-state index contributed by atoms with van der Waals surface area (Å²) in [6, 6.07) is 58.4. The normalized spacial score (nSPS) is 12.2. The van der Waals surface area contributed by atoms with Crippen LogP contribution in [0.2, 0.25) is 0 Å². The van der Waals surface area contributed by atoms with Gasteiger partial charge in [0.1, 0.15) is 0 Å². The van der Waals surface area contributed by atoms with Crippen molar-refractivity contribution >= 4 is 88.5 Å². The van der Waals surface area contributed by atoms with Crippen LogP contribution in [0.25, 0.3) is 64.6 Å². The van der Waals surface area contributed by atoms with Crippen molar-refractivity contribution in [1.82, 2.24) is 0 Å². The lowest BCUT2D eigenvalue weighted by Crippen LogP contribution is -2.68. The smallest absolute Gasteiger partial charge is 0.289 e. The highest BCUT2D eigenvalue weighted by Gasteiger charge is 2.45. The minimum Gasteiger partial charge on any atom is -0.421 e. The van der Waals surface area contributed by atoms with Gasteiger partial charge in [-0.3, -0.25) is 0 Å². The molecular weight excluding hydrogens is 549 g/mol. The van der Waals surface area contributed by atoms with Crippen LogP contribution in [0.5, 0.6) is 0 Å². The first-order valence-electron chi connectivity index (χ1n) is 15.2. The molecule has 0 bridgehead atoms. The second kappa shape index (κ2) is 9.62. The van der Waals surface area contributed by atoms with Crippen molar-refractivity contribution < 1.29 is 4.80 Å². The number of hydrogen-bond acceptors (Lipinski definition) is 1. The Hall–Kier alpha value is -5.28. The Morgan fingerprint density at radius 3 is 0.659 bits per heavy atom. The van der Waals surface area contributed by atoms with Gasteiger partial charge in [-0.1, -0.05) is 146 Å². The number of hydrogen-bond donors (Lipinski definition) is 1. The second-order valence-electron chi connectivity index (χ2n) is 11.8. The van der Waals surface area contributed by atoms with Gasteiger partial charge in [-0.25, -0.2) is 0 Å². The molecule has 0 radical (unpaired) electrons. The number of rotatable bonds is 3. The number of benzene rings is 9. The van der Waals surface area contributed by atoms with Gasteiger partial charge in [0.25, 0.3) is 8.32 Å². The van der Waals surface area contributed by atoms with E-state index in [4.69, 9.17) is 0 Å². The molecule has 0 fully saturated rings. The lowest BCUT2D eigenvalue weighted by atomic mass is 10.0. The van der Waals surface area contributed by atoms with Gasteiger partial charge in [0, 0.05) is 0 Å². The molecular formula is C42H28OSi. The SMILES string of the molecule is O[Si](c1c2ccccc2cc2ccccc12)(c1c2ccccc2cc2ccccc12)c1c2ccccc2cc2ccccc12. The Labute approximate surface area is 256 Å². The van der Waals surface area contributed by atoms with Crippen molar-refractivity contribution in [3.05, 3.63) is 164 Å². The largest absolute Gasteiger partial charge is 0.421 e. The molecule has 1 nitrogen and oxygen atoms in total. The van der Waals surface area contributed by atoms with Gasteiger partial charge in [-0.05, 0) is 98.4 Å². The fraction of sp³-hybridized carbons (Fsp3) is 0. The Kier molecular flexibility index (Phi) is 5.52. The van der Waals surface area contributed by atoms with E-state index >= 15 is 0 Å². The van der Waals surface area contributed by atoms with Crippen LogP contribution in [0.4, 0.5) is 0 Å². The molecule has 44 heavy (non-hydrogen) atoms. The molecule has 9 aromatic carbocycles. The third-order valence-electron chi connectivity index (χ3n) is 9.40. The van der Waals surface area contributed by atoms with Gasteiger partial charge in [-0.2, -0.15) is 0 Å². The summed E-state index contributed by atoms with van der Waals surface area (Å²) in [5, 5.41) is 16.6. The molecule has 1 N–H and O–H groups in total. The van der Waals surface area contributed by atoms with E-state index < -0.39 is 8.32 Å². The molecule has 0 aliphatic carbocycles. The molecule has 206 valence electrons. The summed E-state index contributed by atoms with van der Waals surface area (Å²) in [7, 11) is -3.86. The van der Waals surface area contributed by atoms with Crippen LogP contribution in [0.15, 0.2) is 164 Å². The molecule has 0 spiro atoms. The highest BCUT2D eigenvalue weighted by molar-refractivity contribution is 7.12. The van der Waals surface area contributed by atoms with Crippen LogP contribution in [-0.2, 0) is 0 Å². The second-order valence-corrected chi connectivity index (χ2v) is 14.7. The van der Waals surface area contributed by atoms with Crippen LogP contribution < -0.4 is 15.6 Å². The first kappa shape index (κ1) is 25.2. The molecule has 0 aromatic heterocycles. The van der Waals surface area contributed by atoms with Crippen LogP contribution in [0.1, 0.15) is 0 Å². The summed E-state index contributed by atoms with van der Waals surface area (Å²) in [6.07, 6.45) is 0. The van der Waals surface area contributed by atoms with Gasteiger partial charge in [0.15, 0.2) is 0 Å². The summed E-state index contributed by atoms with van der Waals surface area (Å²) in [4.78, 5) is 14.6. The standard InChI is InChI=1S/C42H28OSi/c43-44(40-34-19-7-1-13-28(34)25-29-14-2-8-20-35(29)40,41-36-21-9-3-15-30(36)26-31-16-4-10-22-37(31)41)42-38-23-11-5-17-32(38)27-33-18-6-12-24-39(33)42/h1-27,43H. The summed E-state index contributed by atoms with van der Waals surface area (Å²) in [5.41, 5.74) is 0. The maximum atomic E-state index is 14.6. The van der Waals surface area contributed by atoms with Gasteiger partial charge in [-0.15, -0.1) is 0 Å². The van der Waals surface area contributed by atoms with Crippen molar-refractivity contribution in [1.29, 1.82) is 0 Å². The molecule has 0 saturated carbocycles. The van der Waals surface area contributed by atoms with E-state index in [1.165, 1.54) is 0 Å². The molecule has 0 atom stereocenters. The highest BCUT2D eigenvalue weighted by Crippen LogP contribution is 2.32. The average molecular weight is 577 g/mol. The molecule has 0 aliphatic heterocycles. The number of fused-ring (bicyclic) bond motifs is 6. The molecule has 9 rings (SSSR count). The van der Waals surface area contributed by atoms with E-state index in [1.54, 1.807) is 0 Å². The first-order chi connectivity index (χ1) is 21.7. The molecule has 2 heteroatoms. The molecule has 0 amide bonds. The molecule has 0 unspecified atom stereocenters. The predicted molar refractivity (Wildman–Crippen MR) is 191 cm³/mol. The molecule has 0 heterocycles. The van der Waals surface area contributed by atoms with E-state index in [-0.39, 0.29) is 0 Å². The quantitative estimate of drug-likeness (QED) is 0.127. The molecule has 9 aromatic rings. The van der Waals surface area contributed by atoms with Crippen molar-refractivity contribution in [2.45, 2.75) is 0 Å². The summed E-state index contributed by atoms with van der Waals surface area (Å²) in [5.74, 6) is 0. The van der Waals surface area contributed by atoms with Crippen LogP contribution >= 0.6 is 0 Å². The van der Waals surface area contributed by atoms with Gasteiger partial charge >= 0.3 is 0 Å². The first-order valence-corrected chi connectivity index (χ1v) is 17.1. The van der Waals surface area contributed by atoms with Crippen LogP contribution in [0, 0.1) is 0 Å². The Balaban J connectivity index is 1.64. The highest BCUT2D eigenvalue weighted by atomic mass is 28.4. The summed E-state index contributed by atoms with van der Waals surface area (Å²) < 4.78 is 0. The third-order valence-corrected chi connectivity index (χ3v) is 13.2. The Morgan fingerprint density at radius 1 is 0.273 bits per heavy atom. The maximum absolute atomic E-state index is 14.6.